The molecule has 5 heterocycles. The highest BCUT2D eigenvalue weighted by Crippen LogP contribution is 2.42. The lowest BCUT2D eigenvalue weighted by atomic mass is 10.0. The van der Waals surface area contributed by atoms with Crippen LogP contribution in [0.15, 0.2) is 32.8 Å². The molecule has 1 unspecified atom stereocenters. The number of anilines is 3. The molecule has 0 spiro atoms. The van der Waals surface area contributed by atoms with Gasteiger partial charge in [-0.25, -0.2) is 24.2 Å². The van der Waals surface area contributed by atoms with Crippen molar-refractivity contribution in [1.29, 1.82) is 0 Å². The number of carboxylic acids is 1. The number of aliphatic hydroxyl groups excluding tert-OH is 1. The zero-order valence-electron chi connectivity index (χ0n) is 23.1. The number of carbonyl (C=O) groups excluding carboxylic acids is 3. The molecule has 9 N–H and O–H groups in total. The number of nitrogen functional groups attached to an aromatic ring is 1. The Labute approximate surface area is 264 Å². The minimum absolute atomic E-state index is 0.0103. The summed E-state index contributed by atoms with van der Waals surface area (Å²) in [5, 5.41) is 36.5. The first-order valence-corrected chi connectivity index (χ1v) is 15.7. The number of thioether (sulfide) groups is 2. The molecule has 2 aliphatic heterocycles. The maximum atomic E-state index is 13.8. The summed E-state index contributed by atoms with van der Waals surface area (Å²) in [6, 6.07) is -4.05. The first-order chi connectivity index (χ1) is 21.5. The normalized spacial score (nSPS) is 18.2. The van der Waals surface area contributed by atoms with Crippen molar-refractivity contribution in [3.05, 3.63) is 38.9 Å². The van der Waals surface area contributed by atoms with Crippen LogP contribution in [0, 0.1) is 0 Å². The number of rotatable bonds is 12. The molecule has 3 aromatic rings. The predicted molar refractivity (Wildman–Crippen MR) is 161 cm³/mol. The van der Waals surface area contributed by atoms with E-state index in [1.165, 1.54) is 33.6 Å². The zero-order valence-corrected chi connectivity index (χ0v) is 25.6. The highest BCUT2D eigenvalue weighted by molar-refractivity contribution is 8.01. The van der Waals surface area contributed by atoms with E-state index < -0.39 is 52.5 Å². The monoisotopic (exact) mass is 679 g/mol. The number of nitrogens with zero attached hydrogens (tertiary/aromatic N) is 8. The SMILES string of the molecule is Cn1nnnc1SCC1=C(C(=O)O)N2C(=O)[C@@H](NC(=O)C(c3csc(N)n3)N(C(N)=O)c3cnc(NCCO)[nH]c3=O)[C@@H]2SC1. The van der Waals surface area contributed by atoms with Gasteiger partial charge in [0.1, 0.15) is 22.8 Å². The Morgan fingerprint density at radius 2 is 2.11 bits per heavy atom. The number of urea groups is 1. The average Bonchev–Trinajstić information content (AvgIpc) is 3.62. The van der Waals surface area contributed by atoms with Gasteiger partial charge >= 0.3 is 12.0 Å². The summed E-state index contributed by atoms with van der Waals surface area (Å²) in [7, 11) is 1.64. The van der Waals surface area contributed by atoms with Crippen molar-refractivity contribution < 1.29 is 29.4 Å². The van der Waals surface area contributed by atoms with Crippen LogP contribution in [0.5, 0.6) is 0 Å². The molecule has 20 nitrogen and oxygen atoms in total. The molecule has 3 aromatic heterocycles. The van der Waals surface area contributed by atoms with E-state index in [1.807, 2.05) is 0 Å². The lowest BCUT2D eigenvalue weighted by molar-refractivity contribution is -0.150. The number of hydrogen-bond acceptors (Lipinski definition) is 16. The summed E-state index contributed by atoms with van der Waals surface area (Å²) < 4.78 is 1.43. The Bertz CT molecular complexity index is 1740. The van der Waals surface area contributed by atoms with Crippen LogP contribution < -0.4 is 32.6 Å². The fourth-order valence-electron chi connectivity index (χ4n) is 4.54. The van der Waals surface area contributed by atoms with Gasteiger partial charge in [0.05, 0.1) is 18.5 Å². The van der Waals surface area contributed by atoms with Gasteiger partial charge in [0.25, 0.3) is 11.5 Å². The number of carboxylic acid groups (broad SMARTS) is 1. The fraction of sp³-hybridized carbons (Fsp3) is 0.364. The molecule has 0 aliphatic carbocycles. The minimum atomic E-state index is -1.66. The van der Waals surface area contributed by atoms with E-state index >= 15 is 0 Å². The lowest BCUT2D eigenvalue weighted by Crippen LogP contribution is -2.71. The first kappa shape index (κ1) is 31.7. The summed E-state index contributed by atoms with van der Waals surface area (Å²) in [6.07, 6.45) is 1.01. The number of tetrazole rings is 1. The van der Waals surface area contributed by atoms with Crippen molar-refractivity contribution in [2.24, 2.45) is 12.8 Å². The molecule has 238 valence electrons. The number of nitrogens with two attached hydrogens (primary N) is 2. The average molecular weight is 680 g/mol. The summed E-state index contributed by atoms with van der Waals surface area (Å²) in [5.41, 5.74) is 10.4. The van der Waals surface area contributed by atoms with E-state index in [9.17, 15) is 29.1 Å². The van der Waals surface area contributed by atoms with E-state index in [4.69, 9.17) is 16.6 Å². The maximum Gasteiger partial charge on any atom is 0.352 e. The molecule has 0 aromatic carbocycles. The number of aryl methyl sites for hydroxylation is 1. The molecule has 3 atom stereocenters. The molecule has 0 radical (unpaired) electrons. The second kappa shape index (κ2) is 13.1. The third-order valence-electron chi connectivity index (χ3n) is 6.51. The van der Waals surface area contributed by atoms with Crippen LogP contribution in [-0.4, -0.2) is 110 Å². The summed E-state index contributed by atoms with van der Waals surface area (Å²) in [4.78, 5) is 77.4. The van der Waals surface area contributed by atoms with E-state index in [0.717, 1.165) is 22.4 Å². The van der Waals surface area contributed by atoms with Crippen LogP contribution in [0.1, 0.15) is 11.7 Å². The second-order valence-electron chi connectivity index (χ2n) is 9.35. The summed E-state index contributed by atoms with van der Waals surface area (Å²) >= 11 is 3.41. The van der Waals surface area contributed by atoms with E-state index in [1.54, 1.807) is 7.05 Å². The van der Waals surface area contributed by atoms with Crippen LogP contribution in [0.3, 0.4) is 0 Å². The largest absolute Gasteiger partial charge is 0.477 e. The molecular formula is C22H25N13O7S3. The molecule has 0 bridgehead atoms. The van der Waals surface area contributed by atoms with Gasteiger partial charge in [-0.05, 0) is 16.0 Å². The van der Waals surface area contributed by atoms with Crippen molar-refractivity contribution in [1.82, 2.24) is 45.4 Å². The molecule has 1 saturated heterocycles. The number of thiazole rings is 1. The van der Waals surface area contributed by atoms with Crippen LogP contribution in [-0.2, 0) is 21.4 Å². The Kier molecular flexibility index (Phi) is 9.21. The molecular weight excluding hydrogens is 655 g/mol. The Hall–Kier alpha value is -4.74. The number of carbonyl (C=O) groups is 4. The number of β-lactam (4-membered cyclic amide) rings is 1. The Balaban J connectivity index is 1.40. The maximum absolute atomic E-state index is 13.8. The second-order valence-corrected chi connectivity index (χ2v) is 12.3. The Morgan fingerprint density at radius 1 is 1.33 bits per heavy atom. The van der Waals surface area contributed by atoms with E-state index in [2.05, 4.69) is 41.1 Å². The lowest BCUT2D eigenvalue weighted by Gasteiger charge is -2.49. The molecule has 2 aliphatic rings. The molecule has 45 heavy (non-hydrogen) atoms. The van der Waals surface area contributed by atoms with Crippen LogP contribution in [0.4, 0.5) is 21.6 Å². The van der Waals surface area contributed by atoms with Crippen molar-refractivity contribution in [3.8, 4) is 0 Å². The number of aromatic nitrogens is 7. The topological polar surface area (TPSA) is 294 Å². The number of aliphatic hydroxyl groups is 1. The zero-order chi connectivity index (χ0) is 32.4. The summed E-state index contributed by atoms with van der Waals surface area (Å²) in [5.74, 6) is -2.52. The number of nitrogens with one attached hydrogen (secondary N) is 3. The van der Waals surface area contributed by atoms with Crippen molar-refractivity contribution in [2.45, 2.75) is 22.6 Å². The number of fused-ring (bicyclic) bond motifs is 1. The number of H-pyrrole nitrogens is 1. The van der Waals surface area contributed by atoms with Gasteiger partial charge in [-0.2, -0.15) is 0 Å². The Morgan fingerprint density at radius 3 is 2.71 bits per heavy atom. The number of amides is 4. The van der Waals surface area contributed by atoms with E-state index in [0.29, 0.717) is 15.6 Å². The van der Waals surface area contributed by atoms with Gasteiger partial charge in [-0.3, -0.25) is 29.2 Å². The highest BCUT2D eigenvalue weighted by Gasteiger charge is 2.55. The molecule has 5 rings (SSSR count). The number of hydrogen-bond donors (Lipinski definition) is 7. The number of aromatic amines is 1. The predicted octanol–water partition coefficient (Wildman–Crippen LogP) is -2.11. The first-order valence-electron chi connectivity index (χ1n) is 12.8. The fourth-order valence-corrected chi connectivity index (χ4v) is 7.46. The van der Waals surface area contributed by atoms with Gasteiger partial charge < -0.3 is 32.3 Å². The highest BCUT2D eigenvalue weighted by atomic mass is 32.2. The van der Waals surface area contributed by atoms with Gasteiger partial charge in [0, 0.05) is 30.5 Å². The van der Waals surface area contributed by atoms with Crippen molar-refractivity contribution in [3.63, 3.8) is 0 Å². The molecule has 23 heteroatoms. The molecule has 4 amide bonds. The number of primary amides is 1. The van der Waals surface area contributed by atoms with Gasteiger partial charge in [-0.1, -0.05) is 11.8 Å². The van der Waals surface area contributed by atoms with E-state index in [-0.39, 0.29) is 47.1 Å². The molecule has 1 fully saturated rings. The van der Waals surface area contributed by atoms with Crippen molar-refractivity contribution in [2.75, 3.05) is 40.6 Å². The minimum Gasteiger partial charge on any atom is -0.477 e. The van der Waals surface area contributed by atoms with Crippen LogP contribution >= 0.6 is 34.9 Å². The van der Waals surface area contributed by atoms with Crippen LogP contribution in [0.2, 0.25) is 0 Å². The standard InChI is InChI=1S/C22H25N13O7S3/c1-33-22(30-31-32-33)45-6-8-5-43-17-11(16(39)35(17)12(8)18(40)41)28-15(38)13(9-7-44-19(23)27-9)34(20(24)42)10-4-26-21(25-2-3-36)29-14(10)37/h4,7,11,13,17,36H,2-3,5-6H2,1H3,(H2,23,27)(H2,24,42)(H,28,38)(H,40,41)(H2,25,26,29,37)/t11-,13?,17+/m1/s1. The van der Waals surface area contributed by atoms with Crippen molar-refractivity contribution >= 4 is 75.4 Å². The third kappa shape index (κ3) is 6.27. The third-order valence-corrected chi connectivity index (χ3v) is 9.64. The molecule has 0 saturated carbocycles. The number of aliphatic carboxylic acids is 1. The van der Waals surface area contributed by atoms with Crippen LogP contribution in [0.25, 0.3) is 0 Å². The summed E-state index contributed by atoms with van der Waals surface area (Å²) in [6.45, 7) is -0.164. The van der Waals surface area contributed by atoms with Gasteiger partial charge in [0.15, 0.2) is 11.2 Å². The van der Waals surface area contributed by atoms with Gasteiger partial charge in [0.2, 0.25) is 17.0 Å². The smallest absolute Gasteiger partial charge is 0.352 e. The quantitative estimate of drug-likeness (QED) is 0.0796. The van der Waals surface area contributed by atoms with Gasteiger partial charge in [-0.15, -0.1) is 28.2 Å².